The van der Waals surface area contributed by atoms with Crippen LogP contribution in [0.15, 0.2) is 18.2 Å². The maximum absolute atomic E-state index is 11.6. The predicted octanol–water partition coefficient (Wildman–Crippen LogP) is 1.58. The van der Waals surface area contributed by atoms with Gasteiger partial charge in [-0.15, -0.1) is 0 Å². The number of rotatable bonds is 2. The highest BCUT2D eigenvalue weighted by molar-refractivity contribution is 5.95. The average Bonchev–Trinajstić information content (AvgIpc) is 2.41. The minimum atomic E-state index is -0.418. The standard InChI is InChI=1S/C13H14N2O3/c1-15-9(6-7-14)8-18-12-10(13(16)17-2)4-3-5-11(12)15/h3-5,9H,6,8H2,1-2H3. The van der Waals surface area contributed by atoms with E-state index in [2.05, 4.69) is 6.07 Å². The van der Waals surface area contributed by atoms with Crippen molar-refractivity contribution in [3.8, 4) is 11.8 Å². The van der Waals surface area contributed by atoms with Crippen LogP contribution in [0.4, 0.5) is 5.69 Å². The summed E-state index contributed by atoms with van der Waals surface area (Å²) in [5.74, 6) is 0.111. The molecular formula is C13H14N2O3. The minimum absolute atomic E-state index is 0.00963. The third-order valence-corrected chi connectivity index (χ3v) is 3.07. The summed E-state index contributed by atoms with van der Waals surface area (Å²) in [5, 5.41) is 8.76. The molecule has 1 atom stereocenters. The number of carbonyl (C=O) groups is 1. The maximum atomic E-state index is 11.6. The van der Waals surface area contributed by atoms with Gasteiger partial charge < -0.3 is 14.4 Å². The Labute approximate surface area is 106 Å². The van der Waals surface area contributed by atoms with Crippen LogP contribution in [0.25, 0.3) is 0 Å². The number of para-hydroxylation sites is 1. The molecule has 1 aromatic carbocycles. The van der Waals surface area contributed by atoms with E-state index in [1.54, 1.807) is 12.1 Å². The molecule has 0 fully saturated rings. The molecule has 5 nitrogen and oxygen atoms in total. The van der Waals surface area contributed by atoms with Crippen molar-refractivity contribution in [2.24, 2.45) is 0 Å². The van der Waals surface area contributed by atoms with Crippen LogP contribution in [0, 0.1) is 11.3 Å². The zero-order valence-corrected chi connectivity index (χ0v) is 10.3. The highest BCUT2D eigenvalue weighted by atomic mass is 16.5. The Hall–Kier alpha value is -2.22. The largest absolute Gasteiger partial charge is 0.488 e. The summed E-state index contributed by atoms with van der Waals surface area (Å²) in [7, 11) is 3.23. The number of hydrogen-bond acceptors (Lipinski definition) is 5. The molecule has 1 unspecified atom stereocenters. The van der Waals surface area contributed by atoms with Crippen LogP contribution >= 0.6 is 0 Å². The fourth-order valence-electron chi connectivity index (χ4n) is 2.01. The van der Waals surface area contributed by atoms with Crippen LogP contribution in [0.5, 0.6) is 5.75 Å². The number of carbonyl (C=O) groups excluding carboxylic acids is 1. The number of likely N-dealkylation sites (N-methyl/N-ethyl adjacent to an activating group) is 1. The Morgan fingerprint density at radius 2 is 2.44 bits per heavy atom. The monoisotopic (exact) mass is 246 g/mol. The number of esters is 1. The first-order chi connectivity index (χ1) is 8.69. The van der Waals surface area contributed by atoms with Gasteiger partial charge in [0.05, 0.1) is 31.3 Å². The molecule has 0 aliphatic carbocycles. The van der Waals surface area contributed by atoms with Crippen LogP contribution in [0.3, 0.4) is 0 Å². The van der Waals surface area contributed by atoms with Crippen molar-refractivity contribution in [1.82, 2.24) is 0 Å². The topological polar surface area (TPSA) is 62.6 Å². The first kappa shape index (κ1) is 12.2. The molecule has 0 aromatic heterocycles. The minimum Gasteiger partial charge on any atom is -0.488 e. The molecule has 1 heterocycles. The van der Waals surface area contributed by atoms with Crippen LogP contribution in [-0.2, 0) is 4.74 Å². The summed E-state index contributed by atoms with van der Waals surface area (Å²) in [5.41, 5.74) is 1.22. The van der Waals surface area contributed by atoms with Crippen molar-refractivity contribution in [2.75, 3.05) is 25.7 Å². The number of benzene rings is 1. The lowest BCUT2D eigenvalue weighted by Gasteiger charge is -2.35. The van der Waals surface area contributed by atoms with Gasteiger partial charge in [0.15, 0.2) is 5.75 Å². The Balaban J connectivity index is 2.39. The van der Waals surface area contributed by atoms with Crippen molar-refractivity contribution in [1.29, 1.82) is 5.26 Å². The number of ether oxygens (including phenoxy) is 2. The third kappa shape index (κ3) is 1.97. The van der Waals surface area contributed by atoms with Gasteiger partial charge in [0.1, 0.15) is 12.2 Å². The van der Waals surface area contributed by atoms with E-state index in [0.717, 1.165) is 5.69 Å². The van der Waals surface area contributed by atoms with Gasteiger partial charge >= 0.3 is 5.97 Å². The fraction of sp³-hybridized carbons (Fsp3) is 0.385. The molecule has 1 aromatic rings. The molecule has 2 rings (SSSR count). The SMILES string of the molecule is COC(=O)c1cccc2c1OCC(CC#N)N2C. The summed E-state index contributed by atoms with van der Waals surface area (Å²) < 4.78 is 10.3. The second-order valence-corrected chi connectivity index (χ2v) is 4.08. The molecule has 0 saturated carbocycles. The fourth-order valence-corrected chi connectivity index (χ4v) is 2.01. The summed E-state index contributed by atoms with van der Waals surface area (Å²) in [4.78, 5) is 13.6. The Morgan fingerprint density at radius 3 is 3.11 bits per heavy atom. The number of fused-ring (bicyclic) bond motifs is 1. The van der Waals surface area contributed by atoms with E-state index in [4.69, 9.17) is 14.7 Å². The van der Waals surface area contributed by atoms with Crippen LogP contribution in [0.2, 0.25) is 0 Å². The number of nitrogens with zero attached hydrogens (tertiary/aromatic N) is 2. The van der Waals surface area contributed by atoms with Crippen molar-refractivity contribution in [3.63, 3.8) is 0 Å². The molecule has 0 spiro atoms. The summed E-state index contributed by atoms with van der Waals surface area (Å²) in [6, 6.07) is 7.46. The van der Waals surface area contributed by atoms with Crippen LogP contribution < -0.4 is 9.64 Å². The average molecular weight is 246 g/mol. The van der Waals surface area contributed by atoms with Gasteiger partial charge in [-0.1, -0.05) is 6.07 Å². The van der Waals surface area contributed by atoms with Gasteiger partial charge in [0, 0.05) is 7.05 Å². The molecule has 0 saturated heterocycles. The molecule has 18 heavy (non-hydrogen) atoms. The molecular weight excluding hydrogens is 232 g/mol. The number of hydrogen-bond donors (Lipinski definition) is 0. The zero-order valence-electron chi connectivity index (χ0n) is 10.3. The molecule has 0 bridgehead atoms. The molecule has 94 valence electrons. The molecule has 0 radical (unpaired) electrons. The van der Waals surface area contributed by atoms with Crippen LogP contribution in [-0.4, -0.2) is 32.8 Å². The van der Waals surface area contributed by atoms with Gasteiger partial charge in [-0.3, -0.25) is 0 Å². The van der Waals surface area contributed by atoms with Gasteiger partial charge in [0.2, 0.25) is 0 Å². The molecule has 1 aliphatic rings. The first-order valence-corrected chi connectivity index (χ1v) is 5.63. The van der Waals surface area contributed by atoms with E-state index < -0.39 is 5.97 Å². The molecule has 1 aliphatic heterocycles. The van der Waals surface area contributed by atoms with E-state index in [1.165, 1.54) is 7.11 Å². The summed E-state index contributed by atoms with van der Waals surface area (Å²) in [6.07, 6.45) is 0.387. The van der Waals surface area contributed by atoms with E-state index >= 15 is 0 Å². The third-order valence-electron chi connectivity index (χ3n) is 3.07. The maximum Gasteiger partial charge on any atom is 0.341 e. The predicted molar refractivity (Wildman–Crippen MR) is 65.7 cm³/mol. The van der Waals surface area contributed by atoms with Gasteiger partial charge in [-0.2, -0.15) is 5.26 Å². The number of nitriles is 1. The molecule has 0 N–H and O–H groups in total. The lowest BCUT2D eigenvalue weighted by Crippen LogP contribution is -2.40. The number of anilines is 1. The second-order valence-electron chi connectivity index (χ2n) is 4.08. The Bertz CT molecular complexity index is 507. The Morgan fingerprint density at radius 1 is 1.67 bits per heavy atom. The number of methoxy groups -OCH3 is 1. The summed E-state index contributed by atoms with van der Waals surface area (Å²) in [6.45, 7) is 0.394. The summed E-state index contributed by atoms with van der Waals surface area (Å²) >= 11 is 0. The highest BCUT2D eigenvalue weighted by Crippen LogP contribution is 2.36. The smallest absolute Gasteiger partial charge is 0.341 e. The van der Waals surface area contributed by atoms with Gasteiger partial charge in [-0.05, 0) is 12.1 Å². The lowest BCUT2D eigenvalue weighted by molar-refractivity contribution is 0.0595. The van der Waals surface area contributed by atoms with E-state index in [-0.39, 0.29) is 6.04 Å². The van der Waals surface area contributed by atoms with Gasteiger partial charge in [0.25, 0.3) is 0 Å². The van der Waals surface area contributed by atoms with E-state index in [1.807, 2.05) is 18.0 Å². The van der Waals surface area contributed by atoms with Crippen molar-refractivity contribution in [2.45, 2.75) is 12.5 Å². The highest BCUT2D eigenvalue weighted by Gasteiger charge is 2.28. The zero-order chi connectivity index (χ0) is 13.1. The lowest BCUT2D eigenvalue weighted by atomic mass is 10.1. The second kappa shape index (κ2) is 4.96. The van der Waals surface area contributed by atoms with E-state index in [0.29, 0.717) is 24.3 Å². The van der Waals surface area contributed by atoms with Crippen molar-refractivity contribution < 1.29 is 14.3 Å². The van der Waals surface area contributed by atoms with Gasteiger partial charge in [-0.25, -0.2) is 4.79 Å². The van der Waals surface area contributed by atoms with Crippen molar-refractivity contribution >= 4 is 11.7 Å². The van der Waals surface area contributed by atoms with Crippen LogP contribution in [0.1, 0.15) is 16.8 Å². The van der Waals surface area contributed by atoms with E-state index in [9.17, 15) is 4.79 Å². The van der Waals surface area contributed by atoms with Crippen molar-refractivity contribution in [3.05, 3.63) is 23.8 Å². The molecule has 5 heteroatoms. The molecule has 0 amide bonds. The first-order valence-electron chi connectivity index (χ1n) is 5.63. The quantitative estimate of drug-likeness (QED) is 0.741. The normalized spacial score (nSPS) is 17.4. The Kier molecular flexibility index (Phi) is 3.38.